The fourth-order valence-corrected chi connectivity index (χ4v) is 4.31. The maximum atomic E-state index is 14.9. The molecule has 0 amide bonds. The number of halogens is 1. The predicted molar refractivity (Wildman–Crippen MR) is 92.9 cm³/mol. The van der Waals surface area contributed by atoms with Gasteiger partial charge in [-0.1, -0.05) is 45.9 Å². The molecule has 1 rings (SSSR count). The predicted octanol–water partition coefficient (Wildman–Crippen LogP) is 4.53. The second-order valence-electron chi connectivity index (χ2n) is 6.72. The molecule has 0 bridgehead atoms. The van der Waals surface area contributed by atoms with Crippen LogP contribution in [0, 0.1) is 5.41 Å². The van der Waals surface area contributed by atoms with E-state index in [4.69, 9.17) is 9.26 Å². The van der Waals surface area contributed by atoms with Crippen molar-refractivity contribution in [3.63, 3.8) is 0 Å². The van der Waals surface area contributed by atoms with Crippen molar-refractivity contribution in [1.29, 1.82) is 0 Å². The Kier molecular flexibility index (Phi) is 7.43. The van der Waals surface area contributed by atoms with Gasteiger partial charge in [-0.3, -0.25) is 9.36 Å². The zero-order valence-corrected chi connectivity index (χ0v) is 15.8. The number of benzene rings is 1. The molecule has 0 saturated heterocycles. The van der Waals surface area contributed by atoms with E-state index in [1.165, 1.54) is 6.92 Å². The van der Waals surface area contributed by atoms with Crippen LogP contribution < -0.4 is 9.61 Å². The number of esters is 1. The molecular formula is C17H27FNO4P. The van der Waals surface area contributed by atoms with E-state index in [9.17, 15) is 13.8 Å². The lowest BCUT2D eigenvalue weighted by atomic mass is 9.99. The van der Waals surface area contributed by atoms with Gasteiger partial charge in [0.05, 0.1) is 6.61 Å². The maximum absolute atomic E-state index is 14.9. The summed E-state index contributed by atoms with van der Waals surface area (Å²) in [5.41, 5.74) is -0.926. The van der Waals surface area contributed by atoms with Crippen molar-refractivity contribution in [3.8, 4) is 5.75 Å². The lowest BCUT2D eigenvalue weighted by Gasteiger charge is -2.32. The molecular weight excluding hydrogens is 332 g/mol. The minimum atomic E-state index is -4.01. The number of carbonyl (C=O) groups is 1. The number of para-hydroxylation sites is 1. The molecule has 2 unspecified atom stereocenters. The van der Waals surface area contributed by atoms with Crippen molar-refractivity contribution in [3.05, 3.63) is 30.3 Å². The van der Waals surface area contributed by atoms with E-state index in [-0.39, 0.29) is 12.4 Å². The average Bonchev–Trinajstić information content (AvgIpc) is 2.51. The van der Waals surface area contributed by atoms with Crippen molar-refractivity contribution < 1.29 is 23.0 Å². The molecule has 0 aromatic heterocycles. The van der Waals surface area contributed by atoms with E-state index in [0.717, 1.165) is 0 Å². The zero-order valence-electron chi connectivity index (χ0n) is 14.9. The van der Waals surface area contributed by atoms with Crippen molar-refractivity contribution in [2.45, 2.75) is 53.0 Å². The van der Waals surface area contributed by atoms with Gasteiger partial charge < -0.3 is 9.26 Å². The average molecular weight is 359 g/mol. The number of carbonyl (C=O) groups excluding carboxylic acids is 1. The third-order valence-electron chi connectivity index (χ3n) is 3.17. The van der Waals surface area contributed by atoms with Gasteiger partial charge in [-0.2, -0.15) is 0 Å². The summed E-state index contributed by atoms with van der Waals surface area (Å²) >= 11 is 0. The topological polar surface area (TPSA) is 64.6 Å². The third kappa shape index (κ3) is 5.91. The largest absolute Gasteiger partial charge is 0.465 e. The van der Waals surface area contributed by atoms with Crippen LogP contribution in [0.1, 0.15) is 41.0 Å². The normalized spacial score (nSPS) is 16.8. The Bertz CT molecular complexity index is 574. The summed E-state index contributed by atoms with van der Waals surface area (Å²) in [5.74, 6) is -2.11. The van der Waals surface area contributed by atoms with Crippen molar-refractivity contribution in [1.82, 2.24) is 5.09 Å². The first-order chi connectivity index (χ1) is 11.1. The molecule has 24 heavy (non-hydrogen) atoms. The van der Waals surface area contributed by atoms with Crippen LogP contribution in [0.5, 0.6) is 5.75 Å². The number of alkyl halides is 1. The molecule has 7 heteroatoms. The molecule has 0 aliphatic heterocycles. The fourth-order valence-electron chi connectivity index (χ4n) is 1.94. The molecule has 0 aliphatic carbocycles. The van der Waals surface area contributed by atoms with Crippen LogP contribution in [0.3, 0.4) is 0 Å². The molecule has 0 heterocycles. The first-order valence-corrected chi connectivity index (χ1v) is 9.72. The Morgan fingerprint density at radius 3 is 2.38 bits per heavy atom. The maximum Gasteiger partial charge on any atom is 0.351 e. The first kappa shape index (κ1) is 20.7. The summed E-state index contributed by atoms with van der Waals surface area (Å²) in [6.45, 7) is 8.48. The summed E-state index contributed by atoms with van der Waals surface area (Å²) in [6, 6.07) is 7.39. The molecule has 0 fully saturated rings. The molecule has 3 atom stereocenters. The molecule has 136 valence electrons. The summed E-state index contributed by atoms with van der Waals surface area (Å²) in [7, 11) is -4.01. The van der Waals surface area contributed by atoms with Gasteiger partial charge in [0, 0.05) is 5.41 Å². The van der Waals surface area contributed by atoms with Crippen LogP contribution in [0.25, 0.3) is 0 Å². The molecule has 0 aliphatic rings. The SMILES string of the molecule is CCCOC(=O)[C@H](C)NP(=O)(Oc1ccccc1)C(F)C(C)(C)C. The van der Waals surface area contributed by atoms with E-state index < -0.39 is 30.9 Å². The molecule has 1 N–H and O–H groups in total. The van der Waals surface area contributed by atoms with Crippen LogP contribution >= 0.6 is 7.52 Å². The number of hydrogen-bond donors (Lipinski definition) is 1. The Morgan fingerprint density at radius 2 is 1.88 bits per heavy atom. The molecule has 0 spiro atoms. The Labute approximate surface area is 143 Å². The van der Waals surface area contributed by atoms with E-state index in [2.05, 4.69) is 5.09 Å². The molecule has 0 saturated carbocycles. The highest BCUT2D eigenvalue weighted by atomic mass is 31.2. The third-order valence-corrected chi connectivity index (χ3v) is 5.77. The van der Waals surface area contributed by atoms with Gasteiger partial charge in [0.2, 0.25) is 5.91 Å². The highest BCUT2D eigenvalue weighted by Gasteiger charge is 2.46. The summed E-state index contributed by atoms with van der Waals surface area (Å²) < 4.78 is 38.6. The fraction of sp³-hybridized carbons (Fsp3) is 0.588. The number of rotatable bonds is 8. The first-order valence-electron chi connectivity index (χ1n) is 8.03. The molecule has 5 nitrogen and oxygen atoms in total. The van der Waals surface area contributed by atoms with Crippen LogP contribution in [-0.4, -0.2) is 24.5 Å². The Morgan fingerprint density at radius 1 is 1.29 bits per heavy atom. The second kappa shape index (κ2) is 8.63. The zero-order chi connectivity index (χ0) is 18.4. The Hall–Kier alpha value is -1.39. The van der Waals surface area contributed by atoms with Crippen LogP contribution in [0.15, 0.2) is 30.3 Å². The van der Waals surface area contributed by atoms with E-state index in [1.807, 2.05) is 6.92 Å². The lowest BCUT2D eigenvalue weighted by molar-refractivity contribution is -0.145. The van der Waals surface area contributed by atoms with Gasteiger partial charge in [-0.25, -0.2) is 9.48 Å². The highest BCUT2D eigenvalue weighted by molar-refractivity contribution is 7.58. The standard InChI is InChI=1S/C17H27FNO4P/c1-6-12-22-15(20)13(2)19-24(21,16(18)17(3,4)5)23-14-10-8-7-9-11-14/h7-11,13,16H,6,12H2,1-5H3,(H,19,21)/t13-,16?,24?/m0/s1. The van der Waals surface area contributed by atoms with Gasteiger partial charge in [-0.15, -0.1) is 0 Å². The van der Waals surface area contributed by atoms with Gasteiger partial charge in [0.25, 0.3) is 0 Å². The quantitative estimate of drug-likeness (QED) is 0.546. The minimum Gasteiger partial charge on any atom is -0.465 e. The van der Waals surface area contributed by atoms with E-state index in [1.54, 1.807) is 51.1 Å². The summed E-state index contributed by atoms with van der Waals surface area (Å²) in [6.07, 6.45) is 0.671. The smallest absolute Gasteiger partial charge is 0.351 e. The molecule has 1 aromatic rings. The summed E-state index contributed by atoms with van der Waals surface area (Å²) in [4.78, 5) is 11.9. The number of hydrogen-bond acceptors (Lipinski definition) is 4. The second-order valence-corrected chi connectivity index (χ2v) is 8.81. The Balaban J connectivity index is 3.01. The van der Waals surface area contributed by atoms with E-state index in [0.29, 0.717) is 6.42 Å². The van der Waals surface area contributed by atoms with Crippen molar-refractivity contribution >= 4 is 13.5 Å². The van der Waals surface area contributed by atoms with Crippen LogP contribution in [0.2, 0.25) is 0 Å². The van der Waals surface area contributed by atoms with Crippen LogP contribution in [-0.2, 0) is 14.1 Å². The van der Waals surface area contributed by atoms with Gasteiger partial charge >= 0.3 is 13.5 Å². The monoisotopic (exact) mass is 359 g/mol. The van der Waals surface area contributed by atoms with Gasteiger partial charge in [0.1, 0.15) is 11.8 Å². The number of ether oxygens (including phenoxy) is 1. The van der Waals surface area contributed by atoms with Crippen molar-refractivity contribution in [2.24, 2.45) is 5.41 Å². The molecule has 0 radical (unpaired) electrons. The lowest BCUT2D eigenvalue weighted by Crippen LogP contribution is -2.39. The summed E-state index contributed by atoms with van der Waals surface area (Å²) in [5, 5.41) is 2.54. The highest BCUT2D eigenvalue weighted by Crippen LogP contribution is 2.55. The minimum absolute atomic E-state index is 0.257. The van der Waals surface area contributed by atoms with Gasteiger partial charge in [-0.05, 0) is 25.5 Å². The van der Waals surface area contributed by atoms with Crippen LogP contribution in [0.4, 0.5) is 4.39 Å². The van der Waals surface area contributed by atoms with Crippen molar-refractivity contribution in [2.75, 3.05) is 6.61 Å². The number of nitrogens with one attached hydrogen (secondary N) is 1. The van der Waals surface area contributed by atoms with Gasteiger partial charge in [0.15, 0.2) is 0 Å². The van der Waals surface area contributed by atoms with E-state index >= 15 is 0 Å². The molecule has 1 aromatic carbocycles.